The minimum absolute atomic E-state index is 0.122. The van der Waals surface area contributed by atoms with Crippen LogP contribution in [0.25, 0.3) is 0 Å². The summed E-state index contributed by atoms with van der Waals surface area (Å²) in [5.74, 6) is 0.910. The summed E-state index contributed by atoms with van der Waals surface area (Å²) in [5.41, 5.74) is 1.18. The number of rotatable bonds is 6. The second kappa shape index (κ2) is 5.80. The first kappa shape index (κ1) is 13.5. The highest BCUT2D eigenvalue weighted by molar-refractivity contribution is 9.10. The lowest BCUT2D eigenvalue weighted by Gasteiger charge is -2.14. The number of nitrogens with zero attached hydrogens (tertiary/aromatic N) is 1. The third-order valence-corrected chi connectivity index (χ3v) is 4.01. The Balaban J connectivity index is 1.90. The number of nitrogens with one attached hydrogen (secondary N) is 1. The van der Waals surface area contributed by atoms with Crippen LogP contribution in [-0.2, 0) is 6.54 Å². The van der Waals surface area contributed by atoms with Gasteiger partial charge in [-0.25, -0.2) is 0 Å². The van der Waals surface area contributed by atoms with Gasteiger partial charge in [0, 0.05) is 29.2 Å². The number of nitro benzene ring substituents is 1. The fourth-order valence-corrected chi connectivity index (χ4v) is 2.52. The smallest absolute Gasteiger partial charge is 0.270 e. The molecule has 1 fully saturated rings. The van der Waals surface area contributed by atoms with Gasteiger partial charge in [0.1, 0.15) is 0 Å². The Hall–Kier alpha value is -0.940. The minimum Gasteiger partial charge on any atom is -0.310 e. The van der Waals surface area contributed by atoms with Gasteiger partial charge in [-0.2, -0.15) is 0 Å². The predicted octanol–water partition coefficient (Wildman–Crippen LogP) is 3.64. The molecule has 0 aliphatic heterocycles. The molecular weight excluding hydrogens is 296 g/mol. The van der Waals surface area contributed by atoms with Crippen LogP contribution >= 0.6 is 15.9 Å². The second-order valence-electron chi connectivity index (χ2n) is 4.99. The quantitative estimate of drug-likeness (QED) is 0.644. The zero-order valence-electron chi connectivity index (χ0n) is 10.4. The molecule has 0 aromatic heterocycles. The average Bonchev–Trinajstić information content (AvgIpc) is 3.11. The molecule has 98 valence electrons. The fraction of sp³-hybridized carbons (Fsp3) is 0.538. The molecule has 5 heteroatoms. The molecular formula is C13H17BrN2O2. The molecule has 4 nitrogen and oxygen atoms in total. The first-order valence-electron chi connectivity index (χ1n) is 6.22. The Bertz CT molecular complexity index is 447. The van der Waals surface area contributed by atoms with Gasteiger partial charge in [-0.15, -0.1) is 0 Å². The van der Waals surface area contributed by atoms with Crippen LogP contribution in [0.4, 0.5) is 5.69 Å². The van der Waals surface area contributed by atoms with Crippen LogP contribution in [0.5, 0.6) is 0 Å². The first-order valence-corrected chi connectivity index (χ1v) is 7.01. The number of hydrogen-bond donors (Lipinski definition) is 1. The maximum absolute atomic E-state index is 10.6. The SMILES string of the molecule is CC(CC1CC1)NCc1ccc([N+](=O)[O-])cc1Br. The van der Waals surface area contributed by atoms with E-state index in [9.17, 15) is 10.1 Å². The van der Waals surface area contributed by atoms with Crippen molar-refractivity contribution in [2.45, 2.75) is 38.8 Å². The van der Waals surface area contributed by atoms with E-state index in [0.717, 1.165) is 22.5 Å². The third kappa shape index (κ3) is 3.78. The van der Waals surface area contributed by atoms with Crippen LogP contribution < -0.4 is 5.32 Å². The largest absolute Gasteiger partial charge is 0.310 e. The van der Waals surface area contributed by atoms with Crippen LogP contribution in [0.2, 0.25) is 0 Å². The number of nitro groups is 1. The molecule has 18 heavy (non-hydrogen) atoms. The molecule has 0 saturated heterocycles. The highest BCUT2D eigenvalue weighted by Crippen LogP contribution is 2.33. The fourth-order valence-electron chi connectivity index (χ4n) is 2.01. The minimum atomic E-state index is -0.377. The molecule has 0 heterocycles. The molecule has 1 N–H and O–H groups in total. The van der Waals surface area contributed by atoms with E-state index < -0.39 is 0 Å². The number of hydrogen-bond acceptors (Lipinski definition) is 3. The van der Waals surface area contributed by atoms with Crippen LogP contribution in [0.3, 0.4) is 0 Å². The molecule has 1 aromatic rings. The molecule has 1 atom stereocenters. The lowest BCUT2D eigenvalue weighted by Crippen LogP contribution is -2.26. The summed E-state index contributed by atoms with van der Waals surface area (Å²) in [5, 5.41) is 14.1. The van der Waals surface area contributed by atoms with Gasteiger partial charge in [0.05, 0.1) is 4.92 Å². The van der Waals surface area contributed by atoms with Gasteiger partial charge in [0.15, 0.2) is 0 Å². The van der Waals surface area contributed by atoms with Crippen molar-refractivity contribution in [2.24, 2.45) is 5.92 Å². The number of halogens is 1. The van der Waals surface area contributed by atoms with Gasteiger partial charge in [0.2, 0.25) is 0 Å². The van der Waals surface area contributed by atoms with Gasteiger partial charge in [0.25, 0.3) is 5.69 Å². The Morgan fingerprint density at radius 1 is 1.56 bits per heavy atom. The van der Waals surface area contributed by atoms with Crippen LogP contribution in [0.1, 0.15) is 31.7 Å². The molecule has 0 spiro atoms. The monoisotopic (exact) mass is 312 g/mol. The standard InChI is InChI=1S/C13H17BrN2O2/c1-9(6-10-2-3-10)15-8-11-4-5-12(16(17)18)7-13(11)14/h4-5,7,9-10,15H,2-3,6,8H2,1H3. The number of non-ortho nitro benzene ring substituents is 1. The van der Waals surface area contributed by atoms with E-state index in [1.165, 1.54) is 19.3 Å². The maximum atomic E-state index is 10.6. The van der Waals surface area contributed by atoms with Gasteiger partial charge in [-0.3, -0.25) is 10.1 Å². The van der Waals surface area contributed by atoms with Crippen LogP contribution in [-0.4, -0.2) is 11.0 Å². The Morgan fingerprint density at radius 2 is 2.28 bits per heavy atom. The van der Waals surface area contributed by atoms with Crippen molar-refractivity contribution in [1.82, 2.24) is 5.32 Å². The zero-order valence-corrected chi connectivity index (χ0v) is 11.9. The van der Waals surface area contributed by atoms with Crippen molar-refractivity contribution >= 4 is 21.6 Å². The summed E-state index contributed by atoms with van der Waals surface area (Å²) in [4.78, 5) is 10.3. The van der Waals surface area contributed by atoms with E-state index in [-0.39, 0.29) is 10.6 Å². The highest BCUT2D eigenvalue weighted by Gasteiger charge is 2.23. The normalized spacial score (nSPS) is 16.6. The Morgan fingerprint density at radius 3 is 2.83 bits per heavy atom. The van der Waals surface area contributed by atoms with Crippen LogP contribution in [0, 0.1) is 16.0 Å². The molecule has 0 radical (unpaired) electrons. The van der Waals surface area contributed by atoms with Gasteiger partial charge >= 0.3 is 0 Å². The van der Waals surface area contributed by atoms with Gasteiger partial charge < -0.3 is 5.32 Å². The topological polar surface area (TPSA) is 55.2 Å². The van der Waals surface area contributed by atoms with Crippen molar-refractivity contribution in [3.63, 3.8) is 0 Å². The molecule has 2 rings (SSSR count). The van der Waals surface area contributed by atoms with E-state index >= 15 is 0 Å². The zero-order chi connectivity index (χ0) is 13.1. The predicted molar refractivity (Wildman–Crippen MR) is 74.4 cm³/mol. The van der Waals surface area contributed by atoms with E-state index in [2.05, 4.69) is 28.2 Å². The summed E-state index contributed by atoms with van der Waals surface area (Å²) in [6.07, 6.45) is 3.96. The molecule has 0 amide bonds. The summed E-state index contributed by atoms with van der Waals surface area (Å²) in [6.45, 7) is 2.93. The van der Waals surface area contributed by atoms with E-state index in [1.807, 2.05) is 0 Å². The van der Waals surface area contributed by atoms with E-state index in [1.54, 1.807) is 18.2 Å². The van der Waals surface area contributed by atoms with Gasteiger partial charge in [-0.1, -0.05) is 28.8 Å². The summed E-state index contributed by atoms with van der Waals surface area (Å²) < 4.78 is 0.794. The summed E-state index contributed by atoms with van der Waals surface area (Å²) in [7, 11) is 0. The molecule has 1 aromatic carbocycles. The molecule has 1 aliphatic carbocycles. The molecule has 0 bridgehead atoms. The molecule has 1 saturated carbocycles. The third-order valence-electron chi connectivity index (χ3n) is 3.27. The van der Waals surface area contributed by atoms with E-state index in [0.29, 0.717) is 6.04 Å². The molecule has 1 aliphatic rings. The second-order valence-corrected chi connectivity index (χ2v) is 5.85. The van der Waals surface area contributed by atoms with Crippen molar-refractivity contribution in [1.29, 1.82) is 0 Å². The first-order chi connectivity index (χ1) is 8.56. The van der Waals surface area contributed by atoms with Gasteiger partial charge in [-0.05, 0) is 30.9 Å². The summed E-state index contributed by atoms with van der Waals surface area (Å²) in [6, 6.07) is 5.41. The maximum Gasteiger partial charge on any atom is 0.270 e. The van der Waals surface area contributed by atoms with E-state index in [4.69, 9.17) is 0 Å². The molecule has 1 unspecified atom stereocenters. The van der Waals surface area contributed by atoms with Crippen molar-refractivity contribution in [2.75, 3.05) is 0 Å². The van der Waals surface area contributed by atoms with Crippen molar-refractivity contribution < 1.29 is 4.92 Å². The summed E-state index contributed by atoms with van der Waals surface area (Å²) >= 11 is 3.38. The van der Waals surface area contributed by atoms with Crippen LogP contribution in [0.15, 0.2) is 22.7 Å². The van der Waals surface area contributed by atoms with Crippen molar-refractivity contribution in [3.8, 4) is 0 Å². The average molecular weight is 313 g/mol. The number of benzene rings is 1. The van der Waals surface area contributed by atoms with Crippen molar-refractivity contribution in [3.05, 3.63) is 38.3 Å². The highest BCUT2D eigenvalue weighted by atomic mass is 79.9. The Labute approximate surface area is 115 Å². The lowest BCUT2D eigenvalue weighted by atomic mass is 10.1. The lowest BCUT2D eigenvalue weighted by molar-refractivity contribution is -0.384. The Kier molecular flexibility index (Phi) is 4.35.